The van der Waals surface area contributed by atoms with Crippen molar-refractivity contribution in [3.63, 3.8) is 0 Å². The summed E-state index contributed by atoms with van der Waals surface area (Å²) in [5, 5.41) is 13.5. The third-order valence-corrected chi connectivity index (χ3v) is 5.99. The Labute approximate surface area is 179 Å². The quantitative estimate of drug-likeness (QED) is 0.514. The minimum atomic E-state index is -1.05. The molecule has 0 unspecified atom stereocenters. The van der Waals surface area contributed by atoms with Crippen molar-refractivity contribution in [2.45, 2.75) is 65.0 Å². The molecule has 1 atom stereocenters. The fraction of sp³-hybridized carbons (Fsp3) is 0.440. The highest BCUT2D eigenvalue weighted by molar-refractivity contribution is 5.98. The van der Waals surface area contributed by atoms with Crippen LogP contribution in [0.5, 0.6) is 0 Å². The number of hydrogen-bond acceptors (Lipinski definition) is 3. The van der Waals surface area contributed by atoms with Gasteiger partial charge in [0.05, 0.1) is 11.4 Å². The van der Waals surface area contributed by atoms with Crippen LogP contribution < -0.4 is 10.2 Å². The minimum Gasteiger partial charge on any atom is -0.464 e. The number of Topliss-reactive ketones (excluding diaryl/α,β-unsaturated/α-hetero) is 1. The average molecular weight is 409 g/mol. The van der Waals surface area contributed by atoms with Gasteiger partial charge in [-0.3, -0.25) is 4.79 Å². The zero-order chi connectivity index (χ0) is 21.5. The fourth-order valence-electron chi connectivity index (χ4n) is 4.38. The van der Waals surface area contributed by atoms with Gasteiger partial charge in [-0.1, -0.05) is 50.3 Å². The van der Waals surface area contributed by atoms with E-state index in [0.717, 1.165) is 17.9 Å². The second-order valence-corrected chi connectivity index (χ2v) is 8.37. The summed E-state index contributed by atoms with van der Waals surface area (Å²) in [6, 6.07) is 14.6. The molecule has 0 saturated heterocycles. The zero-order valence-electron chi connectivity index (χ0n) is 17.9. The molecular formula is C25H32N2O3. The lowest BCUT2D eigenvalue weighted by molar-refractivity contribution is 0.101. The van der Waals surface area contributed by atoms with Gasteiger partial charge in [-0.15, -0.1) is 0 Å². The molecule has 0 radical (unpaired) electrons. The van der Waals surface area contributed by atoms with Gasteiger partial charge in [-0.2, -0.15) is 0 Å². The number of anilines is 2. The van der Waals surface area contributed by atoms with E-state index in [0.29, 0.717) is 29.5 Å². The summed E-state index contributed by atoms with van der Waals surface area (Å²) in [5.41, 5.74) is 2.56. The first-order valence-electron chi connectivity index (χ1n) is 10.9. The summed E-state index contributed by atoms with van der Waals surface area (Å²) < 4.78 is 0. The molecule has 5 heteroatoms. The topological polar surface area (TPSA) is 69.6 Å². The van der Waals surface area contributed by atoms with Crippen molar-refractivity contribution >= 4 is 23.3 Å². The summed E-state index contributed by atoms with van der Waals surface area (Å²) in [4.78, 5) is 25.3. The van der Waals surface area contributed by atoms with Crippen LogP contribution >= 0.6 is 0 Å². The number of nitrogens with zero attached hydrogens (tertiary/aromatic N) is 1. The summed E-state index contributed by atoms with van der Waals surface area (Å²) in [6.07, 6.45) is 6.69. The Morgan fingerprint density at radius 3 is 2.43 bits per heavy atom. The maximum atomic E-state index is 12.1. The van der Waals surface area contributed by atoms with Gasteiger partial charge in [-0.25, -0.2) is 9.69 Å². The lowest BCUT2D eigenvalue weighted by atomic mass is 9.85. The van der Waals surface area contributed by atoms with Crippen LogP contribution in [-0.2, 0) is 6.54 Å². The number of ketones is 1. The normalized spacial score (nSPS) is 15.5. The SMILES string of the molecule is CC(=O)c1ccc(N(C(=O)O)c2ccccc2)c(CN[C@@H](C)CC2CCCCC2)c1. The highest BCUT2D eigenvalue weighted by Gasteiger charge is 2.22. The molecule has 0 heterocycles. The van der Waals surface area contributed by atoms with Gasteiger partial charge in [0.25, 0.3) is 0 Å². The highest BCUT2D eigenvalue weighted by atomic mass is 16.4. The van der Waals surface area contributed by atoms with Crippen LogP contribution in [0.3, 0.4) is 0 Å². The second-order valence-electron chi connectivity index (χ2n) is 8.37. The first kappa shape index (κ1) is 22.0. The van der Waals surface area contributed by atoms with Crippen LogP contribution in [-0.4, -0.2) is 23.0 Å². The van der Waals surface area contributed by atoms with Crippen molar-refractivity contribution in [3.8, 4) is 0 Å². The van der Waals surface area contributed by atoms with E-state index >= 15 is 0 Å². The molecule has 160 valence electrons. The third kappa shape index (κ3) is 5.70. The standard InChI is InChI=1S/C25H32N2O3/c1-18(15-20-9-5-3-6-10-20)26-17-22-16-21(19(2)28)13-14-24(22)27(25(29)30)23-11-7-4-8-12-23/h4,7-8,11-14,16,18,20,26H,3,5-6,9-10,15,17H2,1-2H3,(H,29,30)/t18-/m0/s1. The monoisotopic (exact) mass is 408 g/mol. The number of carbonyl (C=O) groups is 2. The Morgan fingerprint density at radius 1 is 1.10 bits per heavy atom. The smallest absolute Gasteiger partial charge is 0.416 e. The number of rotatable bonds is 8. The number of amides is 1. The summed E-state index contributed by atoms with van der Waals surface area (Å²) in [7, 11) is 0. The Morgan fingerprint density at radius 2 is 1.80 bits per heavy atom. The van der Waals surface area contributed by atoms with Crippen LogP contribution in [0, 0.1) is 5.92 Å². The Hall–Kier alpha value is -2.66. The molecular weight excluding hydrogens is 376 g/mol. The molecule has 5 nitrogen and oxygen atoms in total. The number of nitrogens with one attached hydrogen (secondary N) is 1. The molecule has 0 bridgehead atoms. The van der Waals surface area contributed by atoms with E-state index in [2.05, 4.69) is 12.2 Å². The van der Waals surface area contributed by atoms with Crippen LogP contribution in [0.15, 0.2) is 48.5 Å². The van der Waals surface area contributed by atoms with Gasteiger partial charge in [0, 0.05) is 18.2 Å². The Kier molecular flexibility index (Phi) is 7.63. The maximum absolute atomic E-state index is 12.1. The molecule has 0 aliphatic heterocycles. The molecule has 2 N–H and O–H groups in total. The van der Waals surface area contributed by atoms with Crippen LogP contribution in [0.2, 0.25) is 0 Å². The Balaban J connectivity index is 1.83. The molecule has 1 aliphatic carbocycles. The van der Waals surface area contributed by atoms with Gasteiger partial charge in [0.15, 0.2) is 5.78 Å². The Bertz CT molecular complexity index is 860. The van der Waals surface area contributed by atoms with Gasteiger partial charge < -0.3 is 10.4 Å². The molecule has 2 aromatic rings. The van der Waals surface area contributed by atoms with Crippen molar-refractivity contribution in [1.29, 1.82) is 0 Å². The van der Waals surface area contributed by atoms with E-state index in [-0.39, 0.29) is 5.78 Å². The van der Waals surface area contributed by atoms with Crippen molar-refractivity contribution in [1.82, 2.24) is 5.32 Å². The lowest BCUT2D eigenvalue weighted by Crippen LogP contribution is -2.30. The van der Waals surface area contributed by atoms with Gasteiger partial charge >= 0.3 is 6.09 Å². The first-order chi connectivity index (χ1) is 14.5. The molecule has 30 heavy (non-hydrogen) atoms. The predicted molar refractivity (Wildman–Crippen MR) is 121 cm³/mol. The molecule has 1 aliphatic rings. The largest absolute Gasteiger partial charge is 0.464 e. The molecule has 2 aromatic carbocycles. The van der Waals surface area contributed by atoms with E-state index in [1.807, 2.05) is 24.3 Å². The summed E-state index contributed by atoms with van der Waals surface area (Å²) in [6.45, 7) is 4.24. The molecule has 1 amide bonds. The fourth-order valence-corrected chi connectivity index (χ4v) is 4.38. The van der Waals surface area contributed by atoms with E-state index in [9.17, 15) is 14.7 Å². The third-order valence-electron chi connectivity index (χ3n) is 5.99. The summed E-state index contributed by atoms with van der Waals surface area (Å²) in [5.74, 6) is 0.740. The second kappa shape index (κ2) is 10.4. The van der Waals surface area contributed by atoms with Crippen LogP contribution in [0.25, 0.3) is 0 Å². The summed E-state index contributed by atoms with van der Waals surface area (Å²) >= 11 is 0. The molecule has 1 fully saturated rings. The van der Waals surface area contributed by atoms with Crippen molar-refractivity contribution < 1.29 is 14.7 Å². The van der Waals surface area contributed by atoms with Gasteiger partial charge in [0.2, 0.25) is 0 Å². The van der Waals surface area contributed by atoms with E-state index < -0.39 is 6.09 Å². The molecule has 0 spiro atoms. The zero-order valence-corrected chi connectivity index (χ0v) is 17.9. The minimum absolute atomic E-state index is 0.0281. The van der Waals surface area contributed by atoms with Crippen LogP contribution in [0.4, 0.5) is 16.2 Å². The first-order valence-corrected chi connectivity index (χ1v) is 10.9. The number of hydrogen-bond donors (Lipinski definition) is 2. The highest BCUT2D eigenvalue weighted by Crippen LogP contribution is 2.31. The maximum Gasteiger partial charge on any atom is 0.416 e. The molecule has 1 saturated carbocycles. The van der Waals surface area contributed by atoms with Crippen LogP contribution in [0.1, 0.15) is 68.3 Å². The molecule has 3 rings (SSSR count). The number of carboxylic acid groups (broad SMARTS) is 1. The van der Waals surface area contributed by atoms with E-state index in [1.54, 1.807) is 24.3 Å². The van der Waals surface area contributed by atoms with Crippen molar-refractivity contribution in [2.75, 3.05) is 4.90 Å². The predicted octanol–water partition coefficient (Wildman–Crippen LogP) is 6.15. The van der Waals surface area contributed by atoms with Gasteiger partial charge in [0.1, 0.15) is 0 Å². The van der Waals surface area contributed by atoms with E-state index in [4.69, 9.17) is 0 Å². The number of para-hydroxylation sites is 1. The molecule has 0 aromatic heterocycles. The number of benzene rings is 2. The lowest BCUT2D eigenvalue weighted by Gasteiger charge is -2.26. The van der Waals surface area contributed by atoms with Crippen molar-refractivity contribution in [3.05, 3.63) is 59.7 Å². The van der Waals surface area contributed by atoms with E-state index in [1.165, 1.54) is 43.9 Å². The number of carbonyl (C=O) groups excluding carboxylic acids is 1. The van der Waals surface area contributed by atoms with Crippen molar-refractivity contribution in [2.24, 2.45) is 5.92 Å². The van der Waals surface area contributed by atoms with Gasteiger partial charge in [-0.05, 0) is 62.1 Å². The average Bonchev–Trinajstić information content (AvgIpc) is 2.74.